The van der Waals surface area contributed by atoms with E-state index in [2.05, 4.69) is 14.9 Å². The van der Waals surface area contributed by atoms with Crippen LogP contribution in [-0.4, -0.2) is 60.3 Å². The maximum absolute atomic E-state index is 13.5. The van der Waals surface area contributed by atoms with E-state index in [1.165, 1.54) is 35.7 Å². The van der Waals surface area contributed by atoms with Gasteiger partial charge in [0, 0.05) is 37.4 Å². The number of carbonyl (C=O) groups excluding carboxylic acids is 1. The molecule has 2 aliphatic heterocycles. The van der Waals surface area contributed by atoms with E-state index in [9.17, 15) is 21.6 Å². The fourth-order valence-corrected chi connectivity index (χ4v) is 8.64. The van der Waals surface area contributed by atoms with Crippen LogP contribution < -0.4 is 19.7 Å². The van der Waals surface area contributed by atoms with Gasteiger partial charge in [-0.1, -0.05) is 19.9 Å². The number of ether oxygens (including phenoxy) is 1. The molecule has 0 spiro atoms. The topological polar surface area (TPSA) is 125 Å². The molecule has 2 heterocycles. The van der Waals surface area contributed by atoms with Gasteiger partial charge in [0.15, 0.2) is 0 Å². The van der Waals surface area contributed by atoms with Crippen LogP contribution in [-0.2, 0) is 20.0 Å². The van der Waals surface area contributed by atoms with E-state index >= 15 is 0 Å². The SMILES string of the molecule is COc1ccc(NS(=O)(=O)c2ccc(N3CCCC3)c(NC(=O)c3cccc(S(=O)(=O)N4C[C@@H](C)C[C@H](C)C4)c3)c2)cc1. The number of nitrogens with zero attached hydrogens (tertiary/aromatic N) is 2. The summed E-state index contributed by atoms with van der Waals surface area (Å²) in [6.07, 6.45) is 2.94. The first kappa shape index (κ1) is 30.8. The van der Waals surface area contributed by atoms with Crippen molar-refractivity contribution >= 4 is 43.0 Å². The number of hydrogen-bond donors (Lipinski definition) is 2. The normalized spacial score (nSPS) is 19.7. The molecule has 2 saturated heterocycles. The van der Waals surface area contributed by atoms with Crippen LogP contribution in [0.15, 0.2) is 76.5 Å². The van der Waals surface area contributed by atoms with Crippen molar-refractivity contribution in [3.8, 4) is 5.75 Å². The summed E-state index contributed by atoms with van der Waals surface area (Å²) in [6, 6.07) is 17.2. The standard InChI is InChI=1S/C31H38N4O6S2/c1-22-17-23(2)21-35(20-22)43(39,40)28-8-6-7-24(18-28)31(36)32-29-19-27(13-14-30(29)34-15-4-5-16-34)42(37,38)33-25-9-11-26(41-3)12-10-25/h6-14,18-19,22-23,33H,4-5,15-17,20-21H2,1-3H3,(H,32,36)/t22-,23-/m0/s1. The maximum Gasteiger partial charge on any atom is 0.261 e. The number of sulfonamides is 2. The lowest BCUT2D eigenvalue weighted by atomic mass is 9.94. The molecular formula is C31H38N4O6S2. The van der Waals surface area contributed by atoms with Crippen molar-refractivity contribution in [2.24, 2.45) is 11.8 Å². The van der Waals surface area contributed by atoms with Crippen LogP contribution >= 0.6 is 0 Å². The van der Waals surface area contributed by atoms with Crippen LogP contribution in [0.25, 0.3) is 0 Å². The fraction of sp³-hybridized carbons (Fsp3) is 0.387. The lowest BCUT2D eigenvalue weighted by Gasteiger charge is -2.34. The maximum atomic E-state index is 13.5. The summed E-state index contributed by atoms with van der Waals surface area (Å²) < 4.78 is 62.8. The first-order chi connectivity index (χ1) is 20.5. The quantitative estimate of drug-likeness (QED) is 0.342. The highest BCUT2D eigenvalue weighted by Gasteiger charge is 2.32. The van der Waals surface area contributed by atoms with Gasteiger partial charge < -0.3 is 15.0 Å². The Labute approximate surface area is 254 Å². The van der Waals surface area contributed by atoms with Crippen LogP contribution in [0, 0.1) is 11.8 Å². The van der Waals surface area contributed by atoms with Gasteiger partial charge in [0.25, 0.3) is 15.9 Å². The Bertz CT molecular complexity index is 1680. The zero-order valence-electron chi connectivity index (χ0n) is 24.6. The van der Waals surface area contributed by atoms with Gasteiger partial charge in [-0.2, -0.15) is 4.31 Å². The number of anilines is 3. The van der Waals surface area contributed by atoms with Crippen molar-refractivity contribution in [1.29, 1.82) is 0 Å². The van der Waals surface area contributed by atoms with Gasteiger partial charge in [-0.05, 0) is 91.8 Å². The van der Waals surface area contributed by atoms with Gasteiger partial charge in [0.1, 0.15) is 5.75 Å². The predicted octanol–water partition coefficient (Wildman–Crippen LogP) is 5.02. The molecule has 0 aromatic heterocycles. The Kier molecular flexibility index (Phi) is 9.00. The minimum absolute atomic E-state index is 0.0220. The molecule has 230 valence electrons. The van der Waals surface area contributed by atoms with Crippen molar-refractivity contribution in [2.75, 3.05) is 48.2 Å². The molecule has 0 bridgehead atoms. The Morgan fingerprint density at radius 2 is 1.53 bits per heavy atom. The summed E-state index contributed by atoms with van der Waals surface area (Å²) in [7, 11) is -6.25. The number of amides is 1. The van der Waals surface area contributed by atoms with Gasteiger partial charge in [-0.15, -0.1) is 0 Å². The molecule has 2 N–H and O–H groups in total. The van der Waals surface area contributed by atoms with Gasteiger partial charge in [-0.25, -0.2) is 16.8 Å². The molecule has 5 rings (SSSR count). The highest BCUT2D eigenvalue weighted by Crippen LogP contribution is 2.33. The van der Waals surface area contributed by atoms with E-state index in [4.69, 9.17) is 4.74 Å². The summed E-state index contributed by atoms with van der Waals surface area (Å²) >= 11 is 0. The number of piperidine rings is 1. The second-order valence-electron chi connectivity index (χ2n) is 11.5. The second-order valence-corrected chi connectivity index (χ2v) is 15.1. The van der Waals surface area contributed by atoms with Crippen molar-refractivity contribution in [2.45, 2.75) is 42.9 Å². The van der Waals surface area contributed by atoms with Gasteiger partial charge in [0.05, 0.1) is 28.3 Å². The molecule has 10 nitrogen and oxygen atoms in total. The van der Waals surface area contributed by atoms with Crippen molar-refractivity contribution < 1.29 is 26.4 Å². The molecule has 2 aliphatic rings. The van der Waals surface area contributed by atoms with E-state index in [1.807, 2.05) is 13.8 Å². The van der Waals surface area contributed by atoms with E-state index in [-0.39, 0.29) is 27.2 Å². The van der Waals surface area contributed by atoms with Crippen LogP contribution in [0.5, 0.6) is 5.75 Å². The number of hydrogen-bond acceptors (Lipinski definition) is 7. The van der Waals surface area contributed by atoms with Gasteiger partial charge >= 0.3 is 0 Å². The molecule has 2 fully saturated rings. The third-order valence-electron chi connectivity index (χ3n) is 7.88. The average molecular weight is 627 g/mol. The third kappa shape index (κ3) is 6.97. The van der Waals surface area contributed by atoms with E-state index in [0.29, 0.717) is 35.9 Å². The number of rotatable bonds is 9. The third-order valence-corrected chi connectivity index (χ3v) is 11.1. The van der Waals surface area contributed by atoms with Crippen molar-refractivity contribution in [3.05, 3.63) is 72.3 Å². The number of carbonyl (C=O) groups is 1. The molecule has 0 unspecified atom stereocenters. The van der Waals surface area contributed by atoms with Crippen LogP contribution in [0.2, 0.25) is 0 Å². The molecule has 2 atom stereocenters. The average Bonchev–Trinajstić information content (AvgIpc) is 3.52. The van der Waals surface area contributed by atoms with Crippen molar-refractivity contribution in [3.63, 3.8) is 0 Å². The highest BCUT2D eigenvalue weighted by atomic mass is 32.2. The summed E-state index contributed by atoms with van der Waals surface area (Å²) in [5, 5.41) is 2.87. The van der Waals surface area contributed by atoms with Gasteiger partial charge in [-0.3, -0.25) is 9.52 Å². The molecule has 0 saturated carbocycles. The zero-order chi connectivity index (χ0) is 30.8. The lowest BCUT2D eigenvalue weighted by molar-refractivity contribution is 0.102. The summed E-state index contributed by atoms with van der Waals surface area (Å²) in [5.41, 5.74) is 1.56. The van der Waals surface area contributed by atoms with Gasteiger partial charge in [0.2, 0.25) is 10.0 Å². The molecule has 12 heteroatoms. The Morgan fingerprint density at radius 3 is 2.19 bits per heavy atom. The minimum atomic E-state index is -3.99. The fourth-order valence-electron chi connectivity index (χ4n) is 5.83. The Morgan fingerprint density at radius 1 is 0.860 bits per heavy atom. The molecule has 1 amide bonds. The first-order valence-electron chi connectivity index (χ1n) is 14.4. The summed E-state index contributed by atoms with van der Waals surface area (Å²) in [4.78, 5) is 15.7. The molecule has 3 aromatic carbocycles. The summed E-state index contributed by atoms with van der Waals surface area (Å²) in [5.74, 6) is 0.559. The van der Waals surface area contributed by atoms with E-state index < -0.39 is 26.0 Å². The minimum Gasteiger partial charge on any atom is -0.497 e. The van der Waals surface area contributed by atoms with Crippen LogP contribution in [0.3, 0.4) is 0 Å². The molecular weight excluding hydrogens is 588 g/mol. The predicted molar refractivity (Wildman–Crippen MR) is 168 cm³/mol. The number of methoxy groups -OCH3 is 1. The first-order valence-corrected chi connectivity index (χ1v) is 17.4. The number of nitrogens with one attached hydrogen (secondary N) is 2. The largest absolute Gasteiger partial charge is 0.497 e. The zero-order valence-corrected chi connectivity index (χ0v) is 26.2. The monoisotopic (exact) mass is 626 g/mol. The smallest absolute Gasteiger partial charge is 0.261 e. The van der Waals surface area contributed by atoms with E-state index in [1.54, 1.807) is 42.5 Å². The number of benzene rings is 3. The highest BCUT2D eigenvalue weighted by molar-refractivity contribution is 7.92. The lowest BCUT2D eigenvalue weighted by Crippen LogP contribution is -2.42. The molecule has 43 heavy (non-hydrogen) atoms. The van der Waals surface area contributed by atoms with Crippen LogP contribution in [0.1, 0.15) is 43.5 Å². The van der Waals surface area contributed by atoms with E-state index in [0.717, 1.165) is 32.4 Å². The Hall–Kier alpha value is -3.61. The molecule has 0 aliphatic carbocycles. The van der Waals surface area contributed by atoms with Crippen molar-refractivity contribution in [1.82, 2.24) is 4.31 Å². The Balaban J connectivity index is 1.42. The second kappa shape index (κ2) is 12.6. The van der Waals surface area contributed by atoms with Crippen LogP contribution in [0.4, 0.5) is 17.1 Å². The summed E-state index contributed by atoms with van der Waals surface area (Å²) in [6.45, 7) is 6.52. The molecule has 3 aromatic rings. The molecule has 0 radical (unpaired) electrons.